The number of ether oxygens (including phenoxy) is 1. The highest BCUT2D eigenvalue weighted by molar-refractivity contribution is 9.10. The molecule has 1 heterocycles. The Hall–Kier alpha value is -1.07. The second-order valence-electron chi connectivity index (χ2n) is 4.37. The largest absolute Gasteiger partial charge is 0.484 e. The van der Waals surface area contributed by atoms with Crippen LogP contribution in [0.1, 0.15) is 12.0 Å². The Morgan fingerprint density at radius 3 is 2.76 bits per heavy atom. The van der Waals surface area contributed by atoms with E-state index in [9.17, 15) is 4.79 Å². The van der Waals surface area contributed by atoms with Crippen molar-refractivity contribution < 1.29 is 14.6 Å². The zero-order valence-electron chi connectivity index (χ0n) is 9.50. The molecule has 0 atom stereocenters. The van der Waals surface area contributed by atoms with Crippen LogP contribution < -0.4 is 10.1 Å². The zero-order chi connectivity index (χ0) is 12.5. The lowest BCUT2D eigenvalue weighted by molar-refractivity contribution is -0.143. The molecule has 2 N–H and O–H groups in total. The summed E-state index contributed by atoms with van der Waals surface area (Å²) in [5.74, 6) is -0.0859. The van der Waals surface area contributed by atoms with Crippen LogP contribution in [0, 0.1) is 6.92 Å². The van der Waals surface area contributed by atoms with E-state index in [0.29, 0.717) is 13.1 Å². The van der Waals surface area contributed by atoms with E-state index in [1.165, 1.54) is 0 Å². The second-order valence-corrected chi connectivity index (χ2v) is 5.28. The number of aliphatic carboxylic acids is 1. The number of benzene rings is 1. The predicted octanol–water partition coefficient (Wildman–Crippen LogP) is 1.95. The molecule has 4 nitrogen and oxygen atoms in total. The molecule has 1 aliphatic heterocycles. The summed E-state index contributed by atoms with van der Waals surface area (Å²) in [4.78, 5) is 10.8. The third kappa shape index (κ3) is 2.79. The van der Waals surface area contributed by atoms with Gasteiger partial charge in [-0.05, 0) is 30.7 Å². The minimum absolute atomic E-state index is 0.0233. The quantitative estimate of drug-likeness (QED) is 0.892. The molecule has 0 aromatic heterocycles. The molecule has 0 amide bonds. The standard InChI is InChI=1S/C12H14BrNO3/c1-8-4-9(13)2-3-10(8)17-12(5-11(15)16)6-14-7-12/h2-4,14H,5-7H2,1H3,(H,15,16). The van der Waals surface area contributed by atoms with Gasteiger partial charge in [0, 0.05) is 17.6 Å². The van der Waals surface area contributed by atoms with Gasteiger partial charge in [0.1, 0.15) is 11.4 Å². The summed E-state index contributed by atoms with van der Waals surface area (Å²) in [7, 11) is 0. The fourth-order valence-corrected chi connectivity index (χ4v) is 2.35. The van der Waals surface area contributed by atoms with Crippen LogP contribution >= 0.6 is 15.9 Å². The highest BCUT2D eigenvalue weighted by Crippen LogP contribution is 2.29. The normalized spacial score (nSPS) is 17.3. The molecule has 92 valence electrons. The lowest BCUT2D eigenvalue weighted by Gasteiger charge is -2.41. The van der Waals surface area contributed by atoms with Gasteiger partial charge in [0.2, 0.25) is 0 Å². The summed E-state index contributed by atoms with van der Waals surface area (Å²) in [5, 5.41) is 12.0. The summed E-state index contributed by atoms with van der Waals surface area (Å²) < 4.78 is 6.86. The smallest absolute Gasteiger partial charge is 0.307 e. The Morgan fingerprint density at radius 2 is 2.29 bits per heavy atom. The maximum Gasteiger partial charge on any atom is 0.307 e. The van der Waals surface area contributed by atoms with Crippen LogP contribution in [-0.4, -0.2) is 29.8 Å². The molecular formula is C12H14BrNO3. The van der Waals surface area contributed by atoms with E-state index in [1.807, 2.05) is 25.1 Å². The molecule has 0 radical (unpaired) electrons. The summed E-state index contributed by atoms with van der Waals surface area (Å²) in [6.07, 6.45) is 0.0233. The maximum atomic E-state index is 10.8. The number of halogens is 1. The molecule has 1 fully saturated rings. The van der Waals surface area contributed by atoms with Gasteiger partial charge >= 0.3 is 5.97 Å². The molecule has 0 aliphatic carbocycles. The number of carboxylic acid groups (broad SMARTS) is 1. The summed E-state index contributed by atoms with van der Waals surface area (Å²) in [6.45, 7) is 3.10. The molecule has 5 heteroatoms. The number of nitrogens with one attached hydrogen (secondary N) is 1. The van der Waals surface area contributed by atoms with Crippen molar-refractivity contribution in [3.63, 3.8) is 0 Å². The van der Waals surface area contributed by atoms with Crippen LogP contribution in [-0.2, 0) is 4.79 Å². The third-order valence-corrected chi connectivity index (χ3v) is 3.32. The number of hydrogen-bond donors (Lipinski definition) is 2. The summed E-state index contributed by atoms with van der Waals surface area (Å²) >= 11 is 3.39. The first-order chi connectivity index (χ1) is 8.01. The van der Waals surface area contributed by atoms with E-state index in [-0.39, 0.29) is 6.42 Å². The van der Waals surface area contributed by atoms with Crippen molar-refractivity contribution in [1.29, 1.82) is 0 Å². The Morgan fingerprint density at radius 1 is 1.59 bits per heavy atom. The zero-order valence-corrected chi connectivity index (χ0v) is 11.1. The van der Waals surface area contributed by atoms with Crippen molar-refractivity contribution in [2.24, 2.45) is 0 Å². The number of carbonyl (C=O) groups is 1. The molecule has 1 aliphatic rings. The van der Waals surface area contributed by atoms with Crippen LogP contribution in [0.4, 0.5) is 0 Å². The minimum Gasteiger partial charge on any atom is -0.484 e. The molecule has 2 rings (SSSR count). The first-order valence-corrected chi connectivity index (χ1v) is 6.18. The van der Waals surface area contributed by atoms with Gasteiger partial charge in [0.15, 0.2) is 0 Å². The third-order valence-electron chi connectivity index (χ3n) is 2.83. The number of hydrogen-bond acceptors (Lipinski definition) is 3. The van der Waals surface area contributed by atoms with Gasteiger partial charge in [-0.15, -0.1) is 0 Å². The van der Waals surface area contributed by atoms with Gasteiger partial charge in [-0.25, -0.2) is 0 Å². The minimum atomic E-state index is -0.832. The van der Waals surface area contributed by atoms with Crippen LogP contribution in [0.3, 0.4) is 0 Å². The van der Waals surface area contributed by atoms with E-state index in [1.54, 1.807) is 0 Å². The van der Waals surface area contributed by atoms with E-state index in [2.05, 4.69) is 21.2 Å². The van der Waals surface area contributed by atoms with Crippen molar-refractivity contribution in [3.05, 3.63) is 28.2 Å². The Balaban J connectivity index is 2.15. The highest BCUT2D eigenvalue weighted by Gasteiger charge is 2.41. The van der Waals surface area contributed by atoms with E-state index in [0.717, 1.165) is 15.8 Å². The number of rotatable bonds is 4. The molecule has 1 aromatic carbocycles. The summed E-state index contributed by atoms with van der Waals surface area (Å²) in [5.41, 5.74) is 0.403. The van der Waals surface area contributed by atoms with Crippen molar-refractivity contribution in [2.45, 2.75) is 18.9 Å². The Bertz CT molecular complexity index is 443. The van der Waals surface area contributed by atoms with Gasteiger partial charge < -0.3 is 15.2 Å². The molecule has 0 spiro atoms. The first kappa shape index (κ1) is 12.4. The van der Waals surface area contributed by atoms with Gasteiger partial charge in [0.25, 0.3) is 0 Å². The van der Waals surface area contributed by atoms with Crippen molar-refractivity contribution in [1.82, 2.24) is 5.32 Å². The van der Waals surface area contributed by atoms with Crippen LogP contribution in [0.2, 0.25) is 0 Å². The SMILES string of the molecule is Cc1cc(Br)ccc1OC1(CC(=O)O)CNC1. The fourth-order valence-electron chi connectivity index (χ4n) is 1.87. The average molecular weight is 300 g/mol. The summed E-state index contributed by atoms with van der Waals surface area (Å²) in [6, 6.07) is 5.71. The van der Waals surface area contributed by atoms with Gasteiger partial charge in [-0.3, -0.25) is 4.79 Å². The highest BCUT2D eigenvalue weighted by atomic mass is 79.9. The molecule has 0 bridgehead atoms. The van der Waals surface area contributed by atoms with Crippen molar-refractivity contribution >= 4 is 21.9 Å². The van der Waals surface area contributed by atoms with E-state index < -0.39 is 11.6 Å². The maximum absolute atomic E-state index is 10.8. The number of carboxylic acids is 1. The van der Waals surface area contributed by atoms with Crippen LogP contribution in [0.5, 0.6) is 5.75 Å². The van der Waals surface area contributed by atoms with E-state index in [4.69, 9.17) is 9.84 Å². The van der Waals surface area contributed by atoms with Gasteiger partial charge in [-0.1, -0.05) is 15.9 Å². The first-order valence-electron chi connectivity index (χ1n) is 5.38. The monoisotopic (exact) mass is 299 g/mol. The predicted molar refractivity (Wildman–Crippen MR) is 67.4 cm³/mol. The van der Waals surface area contributed by atoms with Crippen LogP contribution in [0.15, 0.2) is 22.7 Å². The number of aryl methyl sites for hydroxylation is 1. The fraction of sp³-hybridized carbons (Fsp3) is 0.417. The topological polar surface area (TPSA) is 58.6 Å². The van der Waals surface area contributed by atoms with Crippen LogP contribution in [0.25, 0.3) is 0 Å². The molecule has 0 saturated carbocycles. The van der Waals surface area contributed by atoms with Gasteiger partial charge in [0.05, 0.1) is 6.42 Å². The van der Waals surface area contributed by atoms with E-state index >= 15 is 0 Å². The second kappa shape index (κ2) is 4.66. The lowest BCUT2D eigenvalue weighted by atomic mass is 9.92. The van der Waals surface area contributed by atoms with Crippen molar-refractivity contribution in [2.75, 3.05) is 13.1 Å². The molecule has 17 heavy (non-hydrogen) atoms. The van der Waals surface area contributed by atoms with Crippen molar-refractivity contribution in [3.8, 4) is 5.75 Å². The molecule has 1 saturated heterocycles. The Labute approximate surface area is 108 Å². The Kier molecular flexibility index (Phi) is 3.40. The van der Waals surface area contributed by atoms with Gasteiger partial charge in [-0.2, -0.15) is 0 Å². The molecular weight excluding hydrogens is 286 g/mol. The molecule has 0 unspecified atom stereocenters. The molecule has 1 aromatic rings. The average Bonchev–Trinajstić information content (AvgIpc) is 2.18. The lowest BCUT2D eigenvalue weighted by Crippen LogP contribution is -2.64.